The summed E-state index contributed by atoms with van der Waals surface area (Å²) in [5.74, 6) is -0.212. The maximum absolute atomic E-state index is 12.3. The topological polar surface area (TPSA) is 30.2 Å². The SMILES string of the molecule is CCc1c(C)cc2nc(CC(F)(F)F)nn2c1Br. The van der Waals surface area contributed by atoms with Crippen molar-refractivity contribution in [2.24, 2.45) is 0 Å². The molecule has 18 heavy (non-hydrogen) atoms. The van der Waals surface area contributed by atoms with E-state index < -0.39 is 12.6 Å². The van der Waals surface area contributed by atoms with Crippen LogP contribution in [0.1, 0.15) is 23.9 Å². The quantitative estimate of drug-likeness (QED) is 0.793. The Hall–Kier alpha value is -1.11. The van der Waals surface area contributed by atoms with Crippen LogP contribution in [0.3, 0.4) is 0 Å². The van der Waals surface area contributed by atoms with Crippen LogP contribution in [-0.2, 0) is 12.8 Å². The second-order valence-corrected chi connectivity index (χ2v) is 4.79. The van der Waals surface area contributed by atoms with Crippen LogP contribution in [0.2, 0.25) is 0 Å². The van der Waals surface area contributed by atoms with Crippen molar-refractivity contribution in [2.75, 3.05) is 0 Å². The molecule has 0 aliphatic rings. The highest BCUT2D eigenvalue weighted by Gasteiger charge is 2.30. The van der Waals surface area contributed by atoms with Crippen LogP contribution in [0, 0.1) is 6.92 Å². The van der Waals surface area contributed by atoms with Gasteiger partial charge in [0.15, 0.2) is 11.5 Å². The van der Waals surface area contributed by atoms with Gasteiger partial charge in [0.2, 0.25) is 0 Å². The molecule has 0 saturated carbocycles. The molecule has 0 radical (unpaired) electrons. The van der Waals surface area contributed by atoms with Gasteiger partial charge < -0.3 is 0 Å². The lowest BCUT2D eigenvalue weighted by Gasteiger charge is -2.06. The first-order chi connectivity index (χ1) is 8.31. The van der Waals surface area contributed by atoms with Crippen LogP contribution in [0.5, 0.6) is 0 Å². The van der Waals surface area contributed by atoms with E-state index in [2.05, 4.69) is 26.0 Å². The van der Waals surface area contributed by atoms with Gasteiger partial charge in [-0.3, -0.25) is 0 Å². The van der Waals surface area contributed by atoms with Gasteiger partial charge in [-0.15, -0.1) is 5.10 Å². The van der Waals surface area contributed by atoms with Crippen molar-refractivity contribution in [1.82, 2.24) is 14.6 Å². The first kappa shape index (κ1) is 13.3. The van der Waals surface area contributed by atoms with Gasteiger partial charge in [-0.25, -0.2) is 9.50 Å². The van der Waals surface area contributed by atoms with Crippen LogP contribution in [0.15, 0.2) is 10.7 Å². The summed E-state index contributed by atoms with van der Waals surface area (Å²) in [4.78, 5) is 3.90. The highest BCUT2D eigenvalue weighted by atomic mass is 79.9. The molecule has 0 aliphatic heterocycles. The first-order valence-corrected chi connectivity index (χ1v) is 6.21. The number of aromatic nitrogens is 3. The Balaban J connectivity index is 2.55. The molecule has 2 aromatic rings. The summed E-state index contributed by atoms with van der Waals surface area (Å²) >= 11 is 3.37. The minimum atomic E-state index is -4.29. The van der Waals surface area contributed by atoms with E-state index in [0.29, 0.717) is 10.3 Å². The zero-order valence-electron chi connectivity index (χ0n) is 9.85. The zero-order valence-corrected chi connectivity index (χ0v) is 11.4. The molecule has 0 fully saturated rings. The van der Waals surface area contributed by atoms with Crippen molar-refractivity contribution in [3.8, 4) is 0 Å². The predicted octanol–water partition coefficient (Wildman–Crippen LogP) is 3.47. The van der Waals surface area contributed by atoms with Crippen molar-refractivity contribution < 1.29 is 13.2 Å². The molecule has 0 aliphatic carbocycles. The molecule has 2 heterocycles. The van der Waals surface area contributed by atoms with Gasteiger partial charge in [0.25, 0.3) is 0 Å². The lowest BCUT2D eigenvalue weighted by molar-refractivity contribution is -0.128. The average molecular weight is 322 g/mol. The van der Waals surface area contributed by atoms with Gasteiger partial charge in [-0.2, -0.15) is 13.2 Å². The Morgan fingerprint density at radius 3 is 2.61 bits per heavy atom. The Kier molecular flexibility index (Phi) is 3.35. The number of aryl methyl sites for hydroxylation is 1. The van der Waals surface area contributed by atoms with Gasteiger partial charge in [0.1, 0.15) is 11.0 Å². The van der Waals surface area contributed by atoms with Crippen LogP contribution < -0.4 is 0 Å². The zero-order chi connectivity index (χ0) is 13.5. The maximum Gasteiger partial charge on any atom is 0.396 e. The lowest BCUT2D eigenvalue weighted by atomic mass is 10.1. The molecule has 0 spiro atoms. The number of halogens is 4. The Bertz CT molecular complexity index is 589. The molecule has 2 rings (SSSR count). The van der Waals surface area contributed by atoms with Crippen LogP contribution in [-0.4, -0.2) is 20.8 Å². The van der Waals surface area contributed by atoms with Crippen molar-refractivity contribution >= 4 is 21.6 Å². The number of alkyl halides is 3. The lowest BCUT2D eigenvalue weighted by Crippen LogP contribution is -2.12. The van der Waals surface area contributed by atoms with E-state index >= 15 is 0 Å². The van der Waals surface area contributed by atoms with Crippen molar-refractivity contribution in [2.45, 2.75) is 32.9 Å². The standard InChI is InChI=1S/C11H11BrF3N3/c1-3-7-6(2)4-9-16-8(5-11(13,14)15)17-18(9)10(7)12/h4H,3,5H2,1-2H3. The molecular weight excluding hydrogens is 311 g/mol. The third-order valence-electron chi connectivity index (χ3n) is 2.64. The van der Waals surface area contributed by atoms with Crippen molar-refractivity contribution in [3.05, 3.63) is 27.6 Å². The van der Waals surface area contributed by atoms with E-state index in [1.54, 1.807) is 6.07 Å². The number of pyridine rings is 1. The molecule has 0 unspecified atom stereocenters. The molecule has 0 amide bonds. The van der Waals surface area contributed by atoms with E-state index in [1.807, 2.05) is 13.8 Å². The Morgan fingerprint density at radius 2 is 2.06 bits per heavy atom. The van der Waals surface area contributed by atoms with Crippen LogP contribution in [0.4, 0.5) is 13.2 Å². The second kappa shape index (κ2) is 4.53. The number of hydrogen-bond donors (Lipinski definition) is 0. The van der Waals surface area contributed by atoms with Gasteiger partial charge in [0.05, 0.1) is 0 Å². The number of fused-ring (bicyclic) bond motifs is 1. The van der Waals surface area contributed by atoms with Crippen LogP contribution >= 0.6 is 15.9 Å². The van der Waals surface area contributed by atoms with E-state index in [1.165, 1.54) is 4.52 Å². The molecule has 3 nitrogen and oxygen atoms in total. The molecule has 0 N–H and O–H groups in total. The van der Waals surface area contributed by atoms with Gasteiger partial charge in [0, 0.05) is 0 Å². The molecule has 0 bridgehead atoms. The summed E-state index contributed by atoms with van der Waals surface area (Å²) < 4.78 is 39.0. The van der Waals surface area contributed by atoms with E-state index in [-0.39, 0.29) is 5.82 Å². The van der Waals surface area contributed by atoms with Crippen molar-refractivity contribution in [1.29, 1.82) is 0 Å². The predicted molar refractivity (Wildman–Crippen MR) is 64.6 cm³/mol. The normalized spacial score (nSPS) is 12.3. The van der Waals surface area contributed by atoms with Gasteiger partial charge in [-0.1, -0.05) is 6.92 Å². The fourth-order valence-corrected chi connectivity index (χ4v) is 2.71. The van der Waals surface area contributed by atoms with Gasteiger partial charge >= 0.3 is 6.18 Å². The third-order valence-corrected chi connectivity index (χ3v) is 3.46. The number of nitrogens with zero attached hydrogens (tertiary/aromatic N) is 3. The largest absolute Gasteiger partial charge is 0.396 e. The summed E-state index contributed by atoms with van der Waals surface area (Å²) in [5, 5.41) is 3.89. The fraction of sp³-hybridized carbons (Fsp3) is 0.455. The highest BCUT2D eigenvalue weighted by molar-refractivity contribution is 9.10. The first-order valence-electron chi connectivity index (χ1n) is 5.42. The van der Waals surface area contributed by atoms with Gasteiger partial charge in [-0.05, 0) is 46.5 Å². The van der Waals surface area contributed by atoms with Crippen LogP contribution in [0.25, 0.3) is 5.65 Å². The molecule has 0 saturated heterocycles. The third kappa shape index (κ3) is 2.50. The fourth-order valence-electron chi connectivity index (χ4n) is 1.86. The highest BCUT2D eigenvalue weighted by Crippen LogP contribution is 2.24. The Morgan fingerprint density at radius 1 is 1.39 bits per heavy atom. The molecule has 2 aromatic heterocycles. The summed E-state index contributed by atoms with van der Waals surface area (Å²) in [6.45, 7) is 3.88. The maximum atomic E-state index is 12.3. The molecule has 98 valence electrons. The monoisotopic (exact) mass is 321 g/mol. The second-order valence-electron chi connectivity index (χ2n) is 4.04. The van der Waals surface area contributed by atoms with E-state index in [9.17, 15) is 13.2 Å². The summed E-state index contributed by atoms with van der Waals surface area (Å²) in [6.07, 6.45) is -4.63. The minimum absolute atomic E-state index is 0.212. The number of hydrogen-bond acceptors (Lipinski definition) is 2. The molecular formula is C11H11BrF3N3. The molecule has 0 atom stereocenters. The summed E-state index contributed by atoms with van der Waals surface area (Å²) in [5.41, 5.74) is 2.43. The van der Waals surface area contributed by atoms with E-state index in [4.69, 9.17) is 0 Å². The Labute approximate surface area is 110 Å². The summed E-state index contributed by atoms with van der Waals surface area (Å²) in [6, 6.07) is 1.75. The summed E-state index contributed by atoms with van der Waals surface area (Å²) in [7, 11) is 0. The number of rotatable bonds is 2. The minimum Gasteiger partial charge on any atom is -0.212 e. The molecule has 7 heteroatoms. The van der Waals surface area contributed by atoms with E-state index in [0.717, 1.165) is 17.5 Å². The smallest absolute Gasteiger partial charge is 0.212 e. The molecule has 0 aromatic carbocycles. The average Bonchev–Trinajstić information content (AvgIpc) is 2.58. The van der Waals surface area contributed by atoms with Crippen molar-refractivity contribution in [3.63, 3.8) is 0 Å².